The van der Waals surface area contributed by atoms with Crippen molar-refractivity contribution in [2.24, 2.45) is 0 Å². The van der Waals surface area contributed by atoms with Gasteiger partial charge in [-0.1, -0.05) is 41.9 Å². The second-order valence-corrected chi connectivity index (χ2v) is 6.81. The predicted molar refractivity (Wildman–Crippen MR) is 88.6 cm³/mol. The van der Waals surface area contributed by atoms with Crippen LogP contribution in [-0.2, 0) is 10.1 Å². The molecule has 6 heteroatoms. The van der Waals surface area contributed by atoms with E-state index in [2.05, 4.69) is 0 Å². The van der Waals surface area contributed by atoms with E-state index in [1.807, 2.05) is 24.3 Å². The molecule has 0 unspecified atom stereocenters. The van der Waals surface area contributed by atoms with Crippen LogP contribution in [0.5, 0.6) is 5.75 Å². The Hall–Kier alpha value is -2.37. The fourth-order valence-electron chi connectivity index (χ4n) is 2.15. The average Bonchev–Trinajstić information content (AvgIpc) is 2.56. The van der Waals surface area contributed by atoms with E-state index in [0.29, 0.717) is 11.8 Å². The summed E-state index contributed by atoms with van der Waals surface area (Å²) in [6.45, 7) is 0. The Morgan fingerprint density at radius 2 is 1.65 bits per heavy atom. The van der Waals surface area contributed by atoms with Crippen molar-refractivity contribution in [1.82, 2.24) is 0 Å². The maximum atomic E-state index is 12.4. The highest BCUT2D eigenvalue weighted by atomic mass is 35.5. The zero-order valence-corrected chi connectivity index (χ0v) is 13.3. The van der Waals surface area contributed by atoms with E-state index >= 15 is 0 Å². The Bertz CT molecular complexity index is 996. The van der Waals surface area contributed by atoms with Crippen LogP contribution < -0.4 is 4.18 Å². The zero-order chi connectivity index (χ0) is 16.4. The minimum atomic E-state index is -4.02. The van der Waals surface area contributed by atoms with E-state index in [1.54, 1.807) is 12.1 Å². The van der Waals surface area contributed by atoms with Gasteiger partial charge in [0.1, 0.15) is 11.2 Å². The van der Waals surface area contributed by atoms with Crippen LogP contribution in [0.25, 0.3) is 10.8 Å². The highest BCUT2D eigenvalue weighted by molar-refractivity contribution is 7.87. The third-order valence-corrected chi connectivity index (χ3v) is 4.83. The van der Waals surface area contributed by atoms with Gasteiger partial charge in [-0.2, -0.15) is 8.42 Å². The summed E-state index contributed by atoms with van der Waals surface area (Å²) in [7, 11) is -4.02. The molecule has 23 heavy (non-hydrogen) atoms. The van der Waals surface area contributed by atoms with Crippen molar-refractivity contribution in [2.45, 2.75) is 4.90 Å². The van der Waals surface area contributed by atoms with Gasteiger partial charge in [-0.3, -0.25) is 4.79 Å². The van der Waals surface area contributed by atoms with Gasteiger partial charge in [0.15, 0.2) is 5.75 Å². The molecule has 0 amide bonds. The average molecular weight is 347 g/mol. The lowest BCUT2D eigenvalue weighted by atomic mass is 10.1. The Balaban J connectivity index is 1.98. The second kappa shape index (κ2) is 6.02. The van der Waals surface area contributed by atoms with Crippen molar-refractivity contribution in [3.8, 4) is 5.75 Å². The summed E-state index contributed by atoms with van der Waals surface area (Å²) in [6.07, 6.45) is 0.619. The summed E-state index contributed by atoms with van der Waals surface area (Å²) < 4.78 is 29.9. The molecule has 0 aliphatic rings. The second-order valence-electron chi connectivity index (χ2n) is 4.85. The predicted octanol–water partition coefficient (Wildman–Crippen LogP) is 4.07. The van der Waals surface area contributed by atoms with E-state index in [-0.39, 0.29) is 15.7 Å². The smallest absolute Gasteiger partial charge is 0.339 e. The number of rotatable bonds is 4. The molecule has 116 valence electrons. The van der Waals surface area contributed by atoms with Crippen LogP contribution in [0.15, 0.2) is 65.6 Å². The molecule has 0 fully saturated rings. The number of halogens is 1. The minimum Gasteiger partial charge on any atom is -0.377 e. The minimum absolute atomic E-state index is 0.0228. The van der Waals surface area contributed by atoms with Crippen molar-refractivity contribution < 1.29 is 17.4 Å². The first kappa shape index (κ1) is 15.5. The van der Waals surface area contributed by atoms with Gasteiger partial charge in [0.2, 0.25) is 0 Å². The fourth-order valence-corrected chi connectivity index (χ4v) is 3.40. The molecule has 0 atom stereocenters. The van der Waals surface area contributed by atoms with Crippen LogP contribution in [0, 0.1) is 0 Å². The van der Waals surface area contributed by atoms with Gasteiger partial charge < -0.3 is 4.18 Å². The first-order valence-electron chi connectivity index (χ1n) is 6.68. The van der Waals surface area contributed by atoms with Crippen molar-refractivity contribution >= 4 is 38.8 Å². The summed E-state index contributed by atoms with van der Waals surface area (Å²) in [5, 5.41) is 1.78. The molecular weight excluding hydrogens is 336 g/mol. The first-order chi connectivity index (χ1) is 11.0. The molecule has 0 bridgehead atoms. The van der Waals surface area contributed by atoms with Crippen LogP contribution in [0.4, 0.5) is 0 Å². The van der Waals surface area contributed by atoms with Gasteiger partial charge in [-0.25, -0.2) is 0 Å². The third kappa shape index (κ3) is 3.21. The van der Waals surface area contributed by atoms with Gasteiger partial charge in [-0.15, -0.1) is 0 Å². The molecule has 0 N–H and O–H groups in total. The lowest BCUT2D eigenvalue weighted by Crippen LogP contribution is -2.10. The highest BCUT2D eigenvalue weighted by Crippen LogP contribution is 2.29. The van der Waals surface area contributed by atoms with E-state index in [4.69, 9.17) is 15.8 Å². The van der Waals surface area contributed by atoms with Gasteiger partial charge in [-0.05, 0) is 41.1 Å². The quantitative estimate of drug-likeness (QED) is 0.527. The molecule has 3 aromatic carbocycles. The first-order valence-corrected chi connectivity index (χ1v) is 8.46. The Morgan fingerprint density at radius 3 is 2.35 bits per heavy atom. The van der Waals surface area contributed by atoms with Crippen molar-refractivity contribution in [2.75, 3.05) is 0 Å². The number of carbonyl (C=O) groups is 1. The van der Waals surface area contributed by atoms with Crippen LogP contribution in [0.1, 0.15) is 10.4 Å². The van der Waals surface area contributed by atoms with Gasteiger partial charge in [0, 0.05) is 5.56 Å². The molecule has 0 aliphatic heterocycles. The van der Waals surface area contributed by atoms with Gasteiger partial charge in [0.05, 0.1) is 5.02 Å². The van der Waals surface area contributed by atoms with Gasteiger partial charge >= 0.3 is 10.1 Å². The number of benzene rings is 3. The Morgan fingerprint density at radius 1 is 0.913 bits per heavy atom. The molecule has 0 aromatic heterocycles. The maximum Gasteiger partial charge on any atom is 0.339 e. The molecule has 0 saturated carbocycles. The maximum absolute atomic E-state index is 12.4. The summed E-state index contributed by atoms with van der Waals surface area (Å²) in [6, 6.07) is 16.3. The Kier molecular flexibility index (Phi) is 4.07. The molecule has 3 aromatic rings. The number of carbonyl (C=O) groups excluding carboxylic acids is 1. The normalized spacial score (nSPS) is 11.3. The highest BCUT2D eigenvalue weighted by Gasteiger charge is 2.18. The lowest BCUT2D eigenvalue weighted by molar-refractivity contribution is 0.112. The monoisotopic (exact) mass is 346 g/mol. The number of hydrogen-bond donors (Lipinski definition) is 0. The standard InChI is InChI=1S/C17H11ClO4S/c18-16-9-12(11-19)5-8-17(16)22-23(20,21)15-7-6-13-3-1-2-4-14(13)10-15/h1-11H. The van der Waals surface area contributed by atoms with Crippen molar-refractivity contribution in [3.63, 3.8) is 0 Å². The lowest BCUT2D eigenvalue weighted by Gasteiger charge is -2.09. The molecule has 3 rings (SSSR count). The molecule has 4 nitrogen and oxygen atoms in total. The molecular formula is C17H11ClO4S. The molecule has 0 aliphatic carbocycles. The summed E-state index contributed by atoms with van der Waals surface area (Å²) in [5.74, 6) is -0.0228. The zero-order valence-electron chi connectivity index (χ0n) is 11.8. The van der Waals surface area contributed by atoms with Crippen LogP contribution in [0.3, 0.4) is 0 Å². The SMILES string of the molecule is O=Cc1ccc(OS(=O)(=O)c2ccc3ccccc3c2)c(Cl)c1. The van der Waals surface area contributed by atoms with E-state index in [9.17, 15) is 13.2 Å². The number of aldehydes is 1. The molecule has 0 spiro atoms. The third-order valence-electron chi connectivity index (χ3n) is 3.30. The topological polar surface area (TPSA) is 60.4 Å². The van der Waals surface area contributed by atoms with Crippen LogP contribution in [0.2, 0.25) is 5.02 Å². The Labute approximate surface area is 138 Å². The summed E-state index contributed by atoms with van der Waals surface area (Å²) in [4.78, 5) is 10.7. The number of fused-ring (bicyclic) bond motifs is 1. The summed E-state index contributed by atoms with van der Waals surface area (Å²) in [5.41, 5.74) is 0.338. The van der Waals surface area contributed by atoms with Crippen LogP contribution >= 0.6 is 11.6 Å². The fraction of sp³-hybridized carbons (Fsp3) is 0. The molecule has 0 radical (unpaired) electrons. The number of hydrogen-bond acceptors (Lipinski definition) is 4. The van der Waals surface area contributed by atoms with Crippen molar-refractivity contribution in [3.05, 3.63) is 71.2 Å². The van der Waals surface area contributed by atoms with E-state index in [1.165, 1.54) is 24.3 Å². The molecule has 0 saturated heterocycles. The van der Waals surface area contributed by atoms with E-state index in [0.717, 1.165) is 10.8 Å². The molecule has 0 heterocycles. The van der Waals surface area contributed by atoms with Crippen molar-refractivity contribution in [1.29, 1.82) is 0 Å². The summed E-state index contributed by atoms with van der Waals surface area (Å²) >= 11 is 5.95. The van der Waals surface area contributed by atoms with E-state index < -0.39 is 10.1 Å². The van der Waals surface area contributed by atoms with Gasteiger partial charge in [0.25, 0.3) is 0 Å². The largest absolute Gasteiger partial charge is 0.377 e. The van der Waals surface area contributed by atoms with Crippen LogP contribution in [-0.4, -0.2) is 14.7 Å².